The van der Waals surface area contributed by atoms with Gasteiger partial charge in [-0.3, -0.25) is 0 Å². The summed E-state index contributed by atoms with van der Waals surface area (Å²) in [4.78, 5) is 4.39. The van der Waals surface area contributed by atoms with Crippen LogP contribution in [0.1, 0.15) is 11.1 Å². The molecule has 0 unspecified atom stereocenters. The zero-order valence-corrected chi connectivity index (χ0v) is 12.8. The molecule has 0 aliphatic carbocycles. The Morgan fingerprint density at radius 2 is 2.24 bits per heavy atom. The average Bonchev–Trinajstić information content (AvgIpc) is 3.12. The molecule has 4 nitrogen and oxygen atoms in total. The van der Waals surface area contributed by atoms with Crippen molar-refractivity contribution in [2.45, 2.75) is 13.0 Å². The summed E-state index contributed by atoms with van der Waals surface area (Å²) < 4.78 is 12.2. The summed E-state index contributed by atoms with van der Waals surface area (Å²) in [6.45, 7) is 1.42. The van der Waals surface area contributed by atoms with E-state index in [9.17, 15) is 0 Å². The number of aromatic nitrogens is 1. The maximum absolute atomic E-state index is 5.75. The molecule has 1 N–H and O–H groups in total. The summed E-state index contributed by atoms with van der Waals surface area (Å²) in [6, 6.07) is 8.00. The molecular weight excluding hydrogens is 332 g/mol. The van der Waals surface area contributed by atoms with Gasteiger partial charge in [0.25, 0.3) is 0 Å². The van der Waals surface area contributed by atoms with Crippen molar-refractivity contribution in [2.24, 2.45) is 0 Å². The van der Waals surface area contributed by atoms with E-state index < -0.39 is 0 Å². The second-order valence-corrected chi connectivity index (χ2v) is 5.91. The molecule has 1 aliphatic heterocycles. The lowest BCUT2D eigenvalue weighted by Crippen LogP contribution is -2.03. The van der Waals surface area contributed by atoms with E-state index in [0.717, 1.165) is 45.6 Å². The molecule has 5 heteroatoms. The predicted octanol–water partition coefficient (Wildman–Crippen LogP) is 4.14. The van der Waals surface area contributed by atoms with Gasteiger partial charge in [-0.2, -0.15) is 0 Å². The van der Waals surface area contributed by atoms with E-state index in [1.807, 2.05) is 12.1 Å². The number of nitrogens with one attached hydrogen (secondary N) is 1. The van der Waals surface area contributed by atoms with Gasteiger partial charge in [-0.05, 0) is 29.8 Å². The Morgan fingerprint density at radius 1 is 1.29 bits per heavy atom. The van der Waals surface area contributed by atoms with E-state index in [1.165, 1.54) is 5.56 Å². The minimum absolute atomic E-state index is 0.666. The first kappa shape index (κ1) is 12.7. The van der Waals surface area contributed by atoms with Crippen LogP contribution in [-0.2, 0) is 13.0 Å². The van der Waals surface area contributed by atoms with Crippen molar-refractivity contribution in [3.63, 3.8) is 0 Å². The molecule has 0 bridgehead atoms. The zero-order chi connectivity index (χ0) is 14.2. The molecular formula is C16H13BrN2O2. The maximum atomic E-state index is 5.75. The van der Waals surface area contributed by atoms with Crippen LogP contribution in [-0.4, -0.2) is 11.6 Å². The van der Waals surface area contributed by atoms with E-state index >= 15 is 0 Å². The van der Waals surface area contributed by atoms with Crippen molar-refractivity contribution < 1.29 is 9.15 Å². The fourth-order valence-electron chi connectivity index (χ4n) is 2.69. The van der Waals surface area contributed by atoms with Crippen molar-refractivity contribution in [2.75, 3.05) is 11.9 Å². The third-order valence-electron chi connectivity index (χ3n) is 3.65. The number of nitrogens with zero attached hydrogens (tertiary/aromatic N) is 1. The number of furan rings is 1. The number of anilines is 1. The summed E-state index contributed by atoms with van der Waals surface area (Å²) in [5.41, 5.74) is 3.23. The predicted molar refractivity (Wildman–Crippen MR) is 84.7 cm³/mol. The summed E-state index contributed by atoms with van der Waals surface area (Å²) in [7, 11) is 0. The Bertz CT molecular complexity index is 813. The average molecular weight is 345 g/mol. The molecule has 0 saturated heterocycles. The van der Waals surface area contributed by atoms with Crippen LogP contribution in [0, 0.1) is 0 Å². The summed E-state index contributed by atoms with van der Waals surface area (Å²) >= 11 is 3.56. The fourth-order valence-corrected chi connectivity index (χ4v) is 3.24. The van der Waals surface area contributed by atoms with E-state index in [-0.39, 0.29) is 0 Å². The van der Waals surface area contributed by atoms with Crippen molar-refractivity contribution in [1.82, 2.24) is 4.98 Å². The first-order valence-corrected chi connectivity index (χ1v) is 7.61. The topological polar surface area (TPSA) is 47.3 Å². The highest BCUT2D eigenvalue weighted by Crippen LogP contribution is 2.33. The normalized spacial score (nSPS) is 13.2. The third kappa shape index (κ3) is 2.27. The highest BCUT2D eigenvalue weighted by atomic mass is 79.9. The Balaban J connectivity index is 1.64. The molecule has 0 fully saturated rings. The summed E-state index contributed by atoms with van der Waals surface area (Å²) in [5, 5.41) is 4.37. The van der Waals surface area contributed by atoms with Gasteiger partial charge in [0, 0.05) is 29.2 Å². The monoisotopic (exact) mass is 344 g/mol. The van der Waals surface area contributed by atoms with Gasteiger partial charge in [0.2, 0.25) is 0 Å². The maximum Gasteiger partial charge on any atom is 0.139 e. The molecule has 0 spiro atoms. The van der Waals surface area contributed by atoms with Crippen LogP contribution in [0.4, 0.5) is 5.82 Å². The van der Waals surface area contributed by atoms with Gasteiger partial charge in [-0.1, -0.05) is 15.9 Å². The second kappa shape index (κ2) is 5.07. The van der Waals surface area contributed by atoms with Crippen molar-refractivity contribution in [1.29, 1.82) is 0 Å². The van der Waals surface area contributed by atoms with Crippen molar-refractivity contribution in [3.8, 4) is 5.75 Å². The molecule has 3 heterocycles. The van der Waals surface area contributed by atoms with Gasteiger partial charge in [0.05, 0.1) is 18.3 Å². The van der Waals surface area contributed by atoms with Crippen molar-refractivity contribution >= 4 is 32.7 Å². The number of fused-ring (bicyclic) bond motifs is 2. The lowest BCUT2D eigenvalue weighted by Gasteiger charge is -2.11. The molecule has 4 rings (SSSR count). The highest BCUT2D eigenvalue weighted by Gasteiger charge is 2.17. The van der Waals surface area contributed by atoms with Crippen LogP contribution in [0.15, 0.2) is 45.6 Å². The largest absolute Gasteiger partial charge is 0.493 e. The number of ether oxygens (including phenoxy) is 1. The molecule has 1 aromatic carbocycles. The molecule has 3 aromatic rings. The van der Waals surface area contributed by atoms with Crippen LogP contribution in [0.2, 0.25) is 0 Å². The quantitative estimate of drug-likeness (QED) is 0.775. The van der Waals surface area contributed by atoms with E-state index in [1.54, 1.807) is 12.5 Å². The zero-order valence-electron chi connectivity index (χ0n) is 11.2. The number of hydrogen-bond donors (Lipinski definition) is 1. The molecule has 1 aliphatic rings. The number of rotatable bonds is 3. The molecule has 21 heavy (non-hydrogen) atoms. The lowest BCUT2D eigenvalue weighted by molar-refractivity contribution is 0.354. The van der Waals surface area contributed by atoms with Gasteiger partial charge in [-0.15, -0.1) is 0 Å². The molecule has 0 radical (unpaired) electrons. The van der Waals surface area contributed by atoms with Crippen LogP contribution in [0.5, 0.6) is 5.75 Å². The molecule has 0 saturated carbocycles. The summed E-state index contributed by atoms with van der Waals surface area (Å²) in [5.74, 6) is 1.83. The molecule has 0 atom stereocenters. The third-order valence-corrected chi connectivity index (χ3v) is 4.11. The fraction of sp³-hybridized carbons (Fsp3) is 0.188. The first-order chi connectivity index (χ1) is 10.3. The van der Waals surface area contributed by atoms with Crippen molar-refractivity contribution in [3.05, 3.63) is 52.3 Å². The minimum atomic E-state index is 0.666. The van der Waals surface area contributed by atoms with E-state index in [0.29, 0.717) is 6.54 Å². The number of pyridine rings is 1. The molecule has 0 amide bonds. The lowest BCUT2D eigenvalue weighted by atomic mass is 10.1. The second-order valence-electron chi connectivity index (χ2n) is 5.00. The Morgan fingerprint density at radius 3 is 3.19 bits per heavy atom. The minimum Gasteiger partial charge on any atom is -0.493 e. The van der Waals surface area contributed by atoms with Gasteiger partial charge < -0.3 is 14.5 Å². The van der Waals surface area contributed by atoms with Gasteiger partial charge >= 0.3 is 0 Å². The van der Waals surface area contributed by atoms with Crippen LogP contribution in [0.25, 0.3) is 11.0 Å². The Kier molecular flexibility index (Phi) is 3.07. The van der Waals surface area contributed by atoms with Gasteiger partial charge in [0.1, 0.15) is 17.2 Å². The molecule has 106 valence electrons. The SMILES string of the molecule is Brc1cc2c(c(CNc3nccc4occc34)c1)OCC2. The van der Waals surface area contributed by atoms with Gasteiger partial charge in [0.15, 0.2) is 0 Å². The molecule has 2 aromatic heterocycles. The number of hydrogen-bond acceptors (Lipinski definition) is 4. The highest BCUT2D eigenvalue weighted by molar-refractivity contribution is 9.10. The van der Waals surface area contributed by atoms with Crippen LogP contribution in [0.3, 0.4) is 0 Å². The van der Waals surface area contributed by atoms with Crippen LogP contribution < -0.4 is 10.1 Å². The summed E-state index contributed by atoms with van der Waals surface area (Å²) in [6.07, 6.45) is 4.39. The van der Waals surface area contributed by atoms with E-state index in [2.05, 4.69) is 38.4 Å². The number of benzene rings is 1. The standard InChI is InChI=1S/C16H13BrN2O2/c17-12-7-10-2-5-21-15(10)11(8-12)9-19-16-13-3-6-20-14(13)1-4-18-16/h1,3-4,6-8H,2,5,9H2,(H,18,19). The first-order valence-electron chi connectivity index (χ1n) is 6.81. The Labute approximate surface area is 130 Å². The smallest absolute Gasteiger partial charge is 0.139 e. The van der Waals surface area contributed by atoms with E-state index in [4.69, 9.17) is 9.15 Å². The van der Waals surface area contributed by atoms with Gasteiger partial charge in [-0.25, -0.2) is 4.98 Å². The van der Waals surface area contributed by atoms with Crippen LogP contribution >= 0.6 is 15.9 Å². The number of halogens is 1. The Hall–Kier alpha value is -2.01.